The molecule has 0 unspecified atom stereocenters. The molecule has 0 spiro atoms. The predicted octanol–water partition coefficient (Wildman–Crippen LogP) is 4.32. The Kier molecular flexibility index (Phi) is 2.81. The zero-order chi connectivity index (χ0) is 12.5. The Morgan fingerprint density at radius 3 is 2.72 bits per heavy atom. The number of fused-ring (bicyclic) bond motifs is 1. The molecule has 1 aromatic heterocycles. The summed E-state index contributed by atoms with van der Waals surface area (Å²) in [7, 11) is 0. The van der Waals surface area contributed by atoms with Crippen LogP contribution in [0.25, 0.3) is 10.2 Å². The van der Waals surface area contributed by atoms with Crippen molar-refractivity contribution in [3.8, 4) is 11.5 Å². The third-order valence-corrected chi connectivity index (χ3v) is 3.57. The number of para-hydroxylation sites is 1. The average Bonchev–Trinajstić information content (AvgIpc) is 2.70. The van der Waals surface area contributed by atoms with Crippen molar-refractivity contribution in [1.82, 2.24) is 4.98 Å². The number of thiazole rings is 1. The van der Waals surface area contributed by atoms with Gasteiger partial charge in [0.15, 0.2) is 5.13 Å². The van der Waals surface area contributed by atoms with Gasteiger partial charge in [-0.05, 0) is 18.2 Å². The number of rotatable bonds is 2. The van der Waals surface area contributed by atoms with Crippen molar-refractivity contribution in [3.05, 3.63) is 47.5 Å². The normalized spacial score (nSPS) is 10.7. The summed E-state index contributed by atoms with van der Waals surface area (Å²) in [6, 6.07) is 13.1. The van der Waals surface area contributed by atoms with Gasteiger partial charge in [-0.25, -0.2) is 4.98 Å². The van der Waals surface area contributed by atoms with E-state index in [0.717, 1.165) is 16.0 Å². The number of ether oxygens (including phenoxy) is 1. The smallest absolute Gasteiger partial charge is 0.181 e. The molecule has 0 aliphatic rings. The minimum atomic E-state index is 0.525. The van der Waals surface area contributed by atoms with Crippen LogP contribution in [0.3, 0.4) is 0 Å². The van der Waals surface area contributed by atoms with Crippen molar-refractivity contribution >= 4 is 38.3 Å². The molecule has 18 heavy (non-hydrogen) atoms. The highest BCUT2D eigenvalue weighted by molar-refractivity contribution is 7.22. The van der Waals surface area contributed by atoms with E-state index in [2.05, 4.69) is 4.98 Å². The van der Waals surface area contributed by atoms with Gasteiger partial charge in [0.05, 0.1) is 15.2 Å². The van der Waals surface area contributed by atoms with E-state index in [9.17, 15) is 0 Å². The number of hydrogen-bond acceptors (Lipinski definition) is 4. The Bertz CT molecular complexity index is 697. The molecule has 0 saturated carbocycles. The molecule has 0 amide bonds. The van der Waals surface area contributed by atoms with Crippen molar-refractivity contribution in [3.63, 3.8) is 0 Å². The van der Waals surface area contributed by atoms with E-state index in [1.807, 2.05) is 36.4 Å². The number of aromatic nitrogens is 1. The Morgan fingerprint density at radius 2 is 1.94 bits per heavy atom. The molecule has 0 radical (unpaired) electrons. The van der Waals surface area contributed by atoms with E-state index >= 15 is 0 Å². The molecule has 0 bridgehead atoms. The van der Waals surface area contributed by atoms with Crippen LogP contribution < -0.4 is 10.5 Å². The van der Waals surface area contributed by atoms with Gasteiger partial charge in [-0.15, -0.1) is 0 Å². The van der Waals surface area contributed by atoms with Crippen LogP contribution in [0.15, 0.2) is 42.5 Å². The molecule has 5 heteroatoms. The number of benzene rings is 2. The van der Waals surface area contributed by atoms with Gasteiger partial charge in [0.1, 0.15) is 11.5 Å². The lowest BCUT2D eigenvalue weighted by atomic mass is 10.3. The Balaban J connectivity index is 2.03. The van der Waals surface area contributed by atoms with E-state index in [1.165, 1.54) is 11.3 Å². The van der Waals surface area contributed by atoms with Crippen molar-refractivity contribution in [2.45, 2.75) is 0 Å². The quantitative estimate of drug-likeness (QED) is 0.758. The zero-order valence-electron chi connectivity index (χ0n) is 9.26. The molecule has 0 fully saturated rings. The van der Waals surface area contributed by atoms with Crippen LogP contribution in [0.4, 0.5) is 5.13 Å². The van der Waals surface area contributed by atoms with Gasteiger partial charge in [0.25, 0.3) is 0 Å². The van der Waals surface area contributed by atoms with Gasteiger partial charge in [-0.1, -0.05) is 41.1 Å². The second-order valence-electron chi connectivity index (χ2n) is 3.72. The molecule has 0 aliphatic heterocycles. The lowest BCUT2D eigenvalue weighted by molar-refractivity contribution is 0.484. The largest absolute Gasteiger partial charge is 0.456 e. The summed E-state index contributed by atoms with van der Waals surface area (Å²) < 4.78 is 6.69. The lowest BCUT2D eigenvalue weighted by Crippen LogP contribution is -1.85. The molecule has 3 nitrogen and oxygen atoms in total. The van der Waals surface area contributed by atoms with Gasteiger partial charge in [-0.2, -0.15) is 0 Å². The maximum Gasteiger partial charge on any atom is 0.181 e. The minimum Gasteiger partial charge on any atom is -0.456 e. The molecular weight excluding hydrogens is 268 g/mol. The molecule has 0 saturated heterocycles. The summed E-state index contributed by atoms with van der Waals surface area (Å²) in [5.41, 5.74) is 6.46. The van der Waals surface area contributed by atoms with Crippen LogP contribution in [0.5, 0.6) is 11.5 Å². The van der Waals surface area contributed by atoms with Crippen LogP contribution in [-0.4, -0.2) is 4.98 Å². The molecule has 1 heterocycles. The van der Waals surface area contributed by atoms with E-state index < -0.39 is 0 Å². The summed E-state index contributed by atoms with van der Waals surface area (Å²) in [6.45, 7) is 0. The lowest BCUT2D eigenvalue weighted by Gasteiger charge is -2.07. The van der Waals surface area contributed by atoms with Crippen molar-refractivity contribution in [2.24, 2.45) is 0 Å². The first kappa shape index (κ1) is 11.3. The van der Waals surface area contributed by atoms with Crippen LogP contribution >= 0.6 is 22.9 Å². The maximum atomic E-state index is 6.16. The summed E-state index contributed by atoms with van der Waals surface area (Å²) >= 11 is 7.57. The van der Waals surface area contributed by atoms with E-state index in [4.69, 9.17) is 22.1 Å². The highest BCUT2D eigenvalue weighted by atomic mass is 35.5. The maximum absolute atomic E-state index is 6.16. The molecule has 0 atom stereocenters. The fraction of sp³-hybridized carbons (Fsp3) is 0. The zero-order valence-corrected chi connectivity index (χ0v) is 10.8. The molecule has 2 aromatic carbocycles. The van der Waals surface area contributed by atoms with Crippen molar-refractivity contribution < 1.29 is 4.74 Å². The number of hydrogen-bond donors (Lipinski definition) is 1. The number of nitrogens with zero attached hydrogens (tertiary/aromatic N) is 1. The van der Waals surface area contributed by atoms with Gasteiger partial charge < -0.3 is 10.5 Å². The van der Waals surface area contributed by atoms with Gasteiger partial charge in [-0.3, -0.25) is 0 Å². The van der Waals surface area contributed by atoms with Crippen LogP contribution in [-0.2, 0) is 0 Å². The fourth-order valence-corrected chi connectivity index (χ4v) is 2.58. The summed E-state index contributed by atoms with van der Waals surface area (Å²) in [5.74, 6) is 1.36. The predicted molar refractivity (Wildman–Crippen MR) is 75.6 cm³/mol. The first-order valence-electron chi connectivity index (χ1n) is 5.31. The van der Waals surface area contributed by atoms with E-state index in [1.54, 1.807) is 6.07 Å². The molecule has 2 N–H and O–H groups in total. The molecule has 3 rings (SSSR count). The van der Waals surface area contributed by atoms with Gasteiger partial charge in [0, 0.05) is 6.07 Å². The van der Waals surface area contributed by atoms with Gasteiger partial charge in [0.2, 0.25) is 0 Å². The average molecular weight is 277 g/mol. The highest BCUT2D eigenvalue weighted by Gasteiger charge is 2.09. The fourth-order valence-electron chi connectivity index (χ4n) is 1.64. The van der Waals surface area contributed by atoms with Crippen molar-refractivity contribution in [2.75, 3.05) is 5.73 Å². The number of anilines is 1. The van der Waals surface area contributed by atoms with Crippen LogP contribution in [0, 0.1) is 0 Å². The highest BCUT2D eigenvalue weighted by Crippen LogP contribution is 2.35. The monoisotopic (exact) mass is 276 g/mol. The number of halogens is 1. The minimum absolute atomic E-state index is 0.525. The molecule has 3 aromatic rings. The Labute approximate surface area is 113 Å². The number of nitrogens with two attached hydrogens (primary N) is 1. The second kappa shape index (κ2) is 4.48. The third-order valence-electron chi connectivity index (χ3n) is 2.43. The Morgan fingerprint density at radius 1 is 1.17 bits per heavy atom. The van der Waals surface area contributed by atoms with E-state index in [-0.39, 0.29) is 0 Å². The van der Waals surface area contributed by atoms with Crippen LogP contribution in [0.2, 0.25) is 5.02 Å². The Hall–Kier alpha value is -1.78. The SMILES string of the molecule is Nc1nc2cc(Cl)c(Oc3ccccc3)cc2s1. The third kappa shape index (κ3) is 2.12. The summed E-state index contributed by atoms with van der Waals surface area (Å²) in [6.07, 6.45) is 0. The first-order chi connectivity index (χ1) is 8.72. The summed E-state index contributed by atoms with van der Waals surface area (Å²) in [4.78, 5) is 4.18. The molecular formula is C13H9ClN2OS. The second-order valence-corrected chi connectivity index (χ2v) is 5.19. The molecule has 90 valence electrons. The van der Waals surface area contributed by atoms with Crippen molar-refractivity contribution in [1.29, 1.82) is 0 Å². The topological polar surface area (TPSA) is 48.1 Å². The number of nitrogen functional groups attached to an aromatic ring is 1. The molecule has 0 aliphatic carbocycles. The summed E-state index contributed by atoms with van der Waals surface area (Å²) in [5, 5.41) is 1.05. The van der Waals surface area contributed by atoms with E-state index in [0.29, 0.717) is 15.9 Å². The van der Waals surface area contributed by atoms with Gasteiger partial charge >= 0.3 is 0 Å². The van der Waals surface area contributed by atoms with Crippen LogP contribution in [0.1, 0.15) is 0 Å². The first-order valence-corrected chi connectivity index (χ1v) is 6.50. The standard InChI is InChI=1S/C13H9ClN2OS/c14-9-6-10-12(18-13(15)16-10)7-11(9)17-8-4-2-1-3-5-8/h1-7H,(H2,15,16).